The highest BCUT2D eigenvalue weighted by Gasteiger charge is 2.12. The predicted molar refractivity (Wildman–Crippen MR) is 55.4 cm³/mol. The first kappa shape index (κ1) is 9.88. The molecule has 0 fully saturated rings. The fraction of sp³-hybridized carbons (Fsp3) is 0.111. The monoisotopic (exact) mass is 203 g/mol. The van der Waals surface area contributed by atoms with Crippen molar-refractivity contribution in [3.63, 3.8) is 0 Å². The van der Waals surface area contributed by atoms with Gasteiger partial charge in [-0.25, -0.2) is 0 Å². The van der Waals surface area contributed by atoms with Gasteiger partial charge in [-0.1, -0.05) is 6.07 Å². The number of hydrogen-bond donors (Lipinski definition) is 2. The number of nitrogens with zero attached hydrogens (tertiary/aromatic N) is 3. The maximum atomic E-state index is 8.89. The van der Waals surface area contributed by atoms with Crippen LogP contribution >= 0.6 is 0 Å². The summed E-state index contributed by atoms with van der Waals surface area (Å²) in [5.41, 5.74) is 1.40. The van der Waals surface area contributed by atoms with Crippen LogP contribution in [0.4, 0.5) is 0 Å². The van der Waals surface area contributed by atoms with Crippen LogP contribution in [0.5, 0.6) is 0 Å². The molecule has 0 aliphatic carbocycles. The van der Waals surface area contributed by atoms with Crippen LogP contribution in [-0.2, 0) is 6.54 Å². The van der Waals surface area contributed by atoms with Crippen LogP contribution in [0.15, 0.2) is 36.9 Å². The molecule has 2 aromatic heterocycles. The molecular weight excluding hydrogens is 193 g/mol. The van der Waals surface area contributed by atoms with Crippen molar-refractivity contribution in [2.75, 3.05) is 0 Å². The molecule has 0 saturated carbocycles. The number of aromatic nitrogens is 3. The molecule has 2 aromatic rings. The van der Waals surface area contributed by atoms with Crippen LogP contribution in [0.2, 0.25) is 0 Å². The molecule has 0 aliphatic rings. The Hall–Kier alpha value is -1.66. The summed E-state index contributed by atoms with van der Waals surface area (Å²) >= 11 is 0. The van der Waals surface area contributed by atoms with Gasteiger partial charge in [0.2, 0.25) is 0 Å². The van der Waals surface area contributed by atoms with Crippen LogP contribution in [-0.4, -0.2) is 31.9 Å². The highest BCUT2D eigenvalue weighted by molar-refractivity contribution is 6.58. The lowest BCUT2D eigenvalue weighted by Crippen LogP contribution is -2.28. The fourth-order valence-electron chi connectivity index (χ4n) is 1.28. The predicted octanol–water partition coefficient (Wildman–Crippen LogP) is -0.994. The lowest BCUT2D eigenvalue weighted by atomic mass is 9.83. The van der Waals surface area contributed by atoms with E-state index in [-0.39, 0.29) is 0 Å². The van der Waals surface area contributed by atoms with E-state index < -0.39 is 7.12 Å². The van der Waals surface area contributed by atoms with Crippen molar-refractivity contribution >= 4 is 12.6 Å². The first-order valence-electron chi connectivity index (χ1n) is 4.53. The number of rotatable bonds is 3. The maximum Gasteiger partial charge on any atom is 0.491 e. The third-order valence-corrected chi connectivity index (χ3v) is 2.02. The Labute approximate surface area is 87.2 Å². The maximum absolute atomic E-state index is 8.89. The van der Waals surface area contributed by atoms with Crippen molar-refractivity contribution in [1.82, 2.24) is 14.8 Å². The SMILES string of the molecule is OB(O)c1cnn(Cc2cccnc2)c1. The van der Waals surface area contributed by atoms with E-state index in [1.54, 1.807) is 23.3 Å². The van der Waals surface area contributed by atoms with Crippen LogP contribution in [0.25, 0.3) is 0 Å². The molecule has 0 spiro atoms. The molecule has 0 radical (unpaired) electrons. The zero-order valence-corrected chi connectivity index (χ0v) is 7.98. The molecule has 5 nitrogen and oxygen atoms in total. The second-order valence-electron chi connectivity index (χ2n) is 3.21. The highest BCUT2D eigenvalue weighted by atomic mass is 16.4. The quantitative estimate of drug-likeness (QED) is 0.628. The van der Waals surface area contributed by atoms with E-state index in [2.05, 4.69) is 10.1 Å². The molecule has 0 unspecified atom stereocenters. The smallest absolute Gasteiger partial charge is 0.423 e. The average Bonchev–Trinajstić information content (AvgIpc) is 2.68. The van der Waals surface area contributed by atoms with Gasteiger partial charge in [-0.15, -0.1) is 0 Å². The van der Waals surface area contributed by atoms with Crippen LogP contribution in [0.3, 0.4) is 0 Å². The zero-order chi connectivity index (χ0) is 10.7. The first-order chi connectivity index (χ1) is 7.25. The second-order valence-corrected chi connectivity index (χ2v) is 3.21. The average molecular weight is 203 g/mol. The van der Waals surface area contributed by atoms with Gasteiger partial charge in [-0.3, -0.25) is 9.67 Å². The third kappa shape index (κ3) is 2.42. The minimum atomic E-state index is -1.47. The van der Waals surface area contributed by atoms with Crippen molar-refractivity contribution in [3.05, 3.63) is 42.5 Å². The van der Waals surface area contributed by atoms with Gasteiger partial charge in [0, 0.05) is 30.3 Å². The van der Waals surface area contributed by atoms with Gasteiger partial charge in [-0.2, -0.15) is 5.10 Å². The molecule has 0 saturated heterocycles. The summed E-state index contributed by atoms with van der Waals surface area (Å²) < 4.78 is 1.63. The van der Waals surface area contributed by atoms with Crippen LogP contribution in [0.1, 0.15) is 5.56 Å². The van der Waals surface area contributed by atoms with Gasteiger partial charge in [-0.05, 0) is 11.6 Å². The highest BCUT2D eigenvalue weighted by Crippen LogP contribution is 1.98. The molecule has 2 N–H and O–H groups in total. The third-order valence-electron chi connectivity index (χ3n) is 2.02. The minimum absolute atomic E-state index is 0.388. The first-order valence-corrected chi connectivity index (χ1v) is 4.53. The van der Waals surface area contributed by atoms with Crippen molar-refractivity contribution in [2.24, 2.45) is 0 Å². The fourth-order valence-corrected chi connectivity index (χ4v) is 1.28. The lowest BCUT2D eigenvalue weighted by molar-refractivity contribution is 0.425. The molecule has 0 atom stereocenters. The van der Waals surface area contributed by atoms with Gasteiger partial charge in [0.15, 0.2) is 0 Å². The molecule has 2 heterocycles. The Morgan fingerprint density at radius 1 is 1.33 bits per heavy atom. The van der Waals surface area contributed by atoms with Gasteiger partial charge in [0.1, 0.15) is 0 Å². The summed E-state index contributed by atoms with van der Waals surface area (Å²) in [6.45, 7) is 0.570. The Balaban J connectivity index is 2.12. The topological polar surface area (TPSA) is 71.2 Å². The molecule has 2 rings (SSSR count). The molecule has 76 valence electrons. The van der Waals surface area contributed by atoms with E-state index in [4.69, 9.17) is 10.0 Å². The Morgan fingerprint density at radius 2 is 2.20 bits per heavy atom. The minimum Gasteiger partial charge on any atom is -0.423 e. The van der Waals surface area contributed by atoms with Crippen molar-refractivity contribution in [1.29, 1.82) is 0 Å². The standard InChI is InChI=1S/C9H10BN3O2/c14-10(15)9-5-12-13(7-9)6-8-2-1-3-11-4-8/h1-5,7,14-15H,6H2. The van der Waals surface area contributed by atoms with Crippen molar-refractivity contribution < 1.29 is 10.0 Å². The van der Waals surface area contributed by atoms with Crippen molar-refractivity contribution in [2.45, 2.75) is 6.54 Å². The van der Waals surface area contributed by atoms with Gasteiger partial charge >= 0.3 is 7.12 Å². The van der Waals surface area contributed by atoms with Crippen LogP contribution < -0.4 is 5.46 Å². The second kappa shape index (κ2) is 4.25. The van der Waals surface area contributed by atoms with E-state index in [9.17, 15) is 0 Å². The normalized spacial score (nSPS) is 10.3. The summed E-state index contributed by atoms with van der Waals surface area (Å²) in [7, 11) is -1.47. The van der Waals surface area contributed by atoms with Crippen molar-refractivity contribution in [3.8, 4) is 0 Å². The molecule has 0 amide bonds. The molecule has 0 bridgehead atoms. The summed E-state index contributed by atoms with van der Waals surface area (Å²) in [4.78, 5) is 3.98. The van der Waals surface area contributed by atoms with E-state index in [1.807, 2.05) is 12.1 Å². The zero-order valence-electron chi connectivity index (χ0n) is 7.98. The van der Waals surface area contributed by atoms with Crippen LogP contribution in [0, 0.1) is 0 Å². The largest absolute Gasteiger partial charge is 0.491 e. The molecule has 6 heteroatoms. The molecule has 15 heavy (non-hydrogen) atoms. The number of pyridine rings is 1. The lowest BCUT2D eigenvalue weighted by Gasteiger charge is -2.00. The van der Waals surface area contributed by atoms with E-state index in [1.165, 1.54) is 6.20 Å². The molecule has 0 aliphatic heterocycles. The summed E-state index contributed by atoms with van der Waals surface area (Å²) in [6.07, 6.45) is 6.48. The van der Waals surface area contributed by atoms with E-state index in [0.29, 0.717) is 12.0 Å². The summed E-state index contributed by atoms with van der Waals surface area (Å²) in [5.74, 6) is 0. The Morgan fingerprint density at radius 3 is 2.80 bits per heavy atom. The van der Waals surface area contributed by atoms with E-state index >= 15 is 0 Å². The molecule has 0 aromatic carbocycles. The summed E-state index contributed by atoms with van der Waals surface area (Å²) in [6, 6.07) is 3.78. The van der Waals surface area contributed by atoms with Gasteiger partial charge in [0.25, 0.3) is 0 Å². The van der Waals surface area contributed by atoms with Gasteiger partial charge < -0.3 is 10.0 Å². The Kier molecular flexibility index (Phi) is 2.80. The molecular formula is C9H10BN3O2. The van der Waals surface area contributed by atoms with Gasteiger partial charge in [0.05, 0.1) is 6.54 Å². The number of hydrogen-bond acceptors (Lipinski definition) is 4. The summed E-state index contributed by atoms with van der Waals surface area (Å²) in [5, 5.41) is 21.8. The van der Waals surface area contributed by atoms with E-state index in [0.717, 1.165) is 5.56 Å². The Bertz CT molecular complexity index is 430.